The van der Waals surface area contributed by atoms with Crippen LogP contribution in [0.2, 0.25) is 0 Å². The Labute approximate surface area is 243 Å². The number of likely N-dealkylation sites (tertiary alicyclic amines) is 1. The van der Waals surface area contributed by atoms with E-state index in [-0.39, 0.29) is 43.2 Å². The number of halogens is 4. The molecule has 226 valence electrons. The van der Waals surface area contributed by atoms with Crippen molar-refractivity contribution in [2.45, 2.75) is 44.4 Å². The van der Waals surface area contributed by atoms with Crippen molar-refractivity contribution >= 4 is 17.4 Å². The number of carbonyl (C=O) groups excluding carboxylic acids is 1. The van der Waals surface area contributed by atoms with Gasteiger partial charge in [0.2, 0.25) is 5.91 Å². The van der Waals surface area contributed by atoms with Crippen LogP contribution in [0.1, 0.15) is 36.1 Å². The molecule has 0 N–H and O–H groups in total. The van der Waals surface area contributed by atoms with Crippen LogP contribution in [0.15, 0.2) is 30.9 Å². The third-order valence-corrected chi connectivity index (χ3v) is 7.71. The zero-order valence-electron chi connectivity index (χ0n) is 23.8. The first-order valence-corrected chi connectivity index (χ1v) is 13.8. The van der Waals surface area contributed by atoms with Crippen molar-refractivity contribution < 1.29 is 27.1 Å². The van der Waals surface area contributed by atoms with Gasteiger partial charge in [0.05, 0.1) is 43.4 Å². The summed E-state index contributed by atoms with van der Waals surface area (Å²) < 4.78 is 59.7. The summed E-state index contributed by atoms with van der Waals surface area (Å²) in [7, 11) is 3.57. The molecule has 0 spiro atoms. The summed E-state index contributed by atoms with van der Waals surface area (Å²) in [5, 5.41) is 9.27. The Morgan fingerprint density at radius 3 is 2.50 bits per heavy atom. The molecule has 4 heterocycles. The van der Waals surface area contributed by atoms with E-state index in [9.17, 15) is 27.6 Å². The number of carbonyl (C=O) groups is 1. The molecule has 2 fully saturated rings. The third-order valence-electron chi connectivity index (χ3n) is 7.71. The molecule has 1 aromatic heterocycles. The zero-order valence-corrected chi connectivity index (χ0v) is 23.8. The third kappa shape index (κ3) is 7.10. The van der Waals surface area contributed by atoms with E-state index in [0.717, 1.165) is 17.7 Å². The fourth-order valence-corrected chi connectivity index (χ4v) is 5.57. The predicted molar refractivity (Wildman–Crippen MR) is 150 cm³/mol. The summed E-state index contributed by atoms with van der Waals surface area (Å²) in [5.74, 6) is -0.649. The van der Waals surface area contributed by atoms with Gasteiger partial charge in [-0.3, -0.25) is 4.79 Å². The number of alkyl halides is 3. The van der Waals surface area contributed by atoms with Crippen molar-refractivity contribution in [2.24, 2.45) is 0 Å². The van der Waals surface area contributed by atoms with Crippen molar-refractivity contribution in [3.63, 3.8) is 0 Å². The Balaban J connectivity index is 0.000000600. The summed E-state index contributed by atoms with van der Waals surface area (Å²) in [6.45, 7) is 7.59. The van der Waals surface area contributed by atoms with Crippen LogP contribution in [0, 0.1) is 17.1 Å². The van der Waals surface area contributed by atoms with Crippen molar-refractivity contribution in [3.8, 4) is 12.1 Å². The Hall–Kier alpha value is -3.92. The maximum Gasteiger partial charge on any atom is 0.418 e. The van der Waals surface area contributed by atoms with Crippen LogP contribution >= 0.6 is 0 Å². The van der Waals surface area contributed by atoms with Crippen LogP contribution < -0.4 is 14.5 Å². The van der Waals surface area contributed by atoms with Gasteiger partial charge in [-0.1, -0.05) is 6.58 Å². The number of amides is 1. The molecular formula is C29H35F4N7O2. The van der Waals surface area contributed by atoms with Crippen LogP contribution in [-0.4, -0.2) is 85.1 Å². The van der Waals surface area contributed by atoms with E-state index in [1.807, 2.05) is 4.90 Å². The minimum Gasteiger partial charge on any atom is -0.467 e. The van der Waals surface area contributed by atoms with Crippen molar-refractivity contribution in [2.75, 3.05) is 63.2 Å². The van der Waals surface area contributed by atoms with E-state index in [1.165, 1.54) is 44.0 Å². The molecule has 5 rings (SSSR count). The number of benzene rings is 1. The molecule has 2 aromatic rings. The largest absolute Gasteiger partial charge is 0.467 e. The van der Waals surface area contributed by atoms with Crippen molar-refractivity contribution in [3.05, 3.63) is 53.5 Å². The second-order valence-corrected chi connectivity index (χ2v) is 10.5. The van der Waals surface area contributed by atoms with Crippen molar-refractivity contribution in [1.29, 1.82) is 5.26 Å². The summed E-state index contributed by atoms with van der Waals surface area (Å²) in [5.41, 5.74) is 0.0952. The number of ether oxygens (including phenoxy) is 1. The summed E-state index contributed by atoms with van der Waals surface area (Å²) in [4.78, 5) is 28.6. The maximum atomic E-state index is 13.6. The van der Waals surface area contributed by atoms with Gasteiger partial charge in [0.25, 0.3) is 0 Å². The summed E-state index contributed by atoms with van der Waals surface area (Å²) >= 11 is 0. The molecule has 0 saturated carbocycles. The van der Waals surface area contributed by atoms with E-state index in [1.54, 1.807) is 4.90 Å². The topological polar surface area (TPSA) is 88.8 Å². The van der Waals surface area contributed by atoms with Gasteiger partial charge in [-0.05, 0) is 63.7 Å². The second kappa shape index (κ2) is 13.4. The molecule has 0 aliphatic carbocycles. The van der Waals surface area contributed by atoms with Gasteiger partial charge >= 0.3 is 12.2 Å². The number of nitriles is 1. The SMILES string of the molecule is C=CC(=O)N1CCN(c2nc(OC)nc3c2CCN(c2ccc(F)cc2C(F)(F)F)C3)CC1CC#N.CN1CCCC1. The normalized spacial score (nSPS) is 19.0. The minimum absolute atomic E-state index is 0.0481. The molecule has 0 radical (unpaired) electrons. The van der Waals surface area contributed by atoms with Gasteiger partial charge < -0.3 is 24.3 Å². The molecule has 1 atom stereocenters. The van der Waals surface area contributed by atoms with Gasteiger partial charge in [0.1, 0.15) is 11.6 Å². The number of anilines is 2. The number of fused-ring (bicyclic) bond motifs is 1. The van der Waals surface area contributed by atoms with Gasteiger partial charge in [-0.2, -0.15) is 28.4 Å². The molecule has 13 heteroatoms. The number of piperazine rings is 1. The number of nitrogens with zero attached hydrogens (tertiary/aromatic N) is 7. The van der Waals surface area contributed by atoms with E-state index in [2.05, 4.69) is 34.6 Å². The molecule has 1 amide bonds. The lowest BCUT2D eigenvalue weighted by molar-refractivity contribution is -0.137. The number of aromatic nitrogens is 2. The highest BCUT2D eigenvalue weighted by atomic mass is 19.4. The van der Waals surface area contributed by atoms with Crippen molar-refractivity contribution in [1.82, 2.24) is 19.8 Å². The van der Waals surface area contributed by atoms with Crippen LogP contribution in [-0.2, 0) is 23.9 Å². The lowest BCUT2D eigenvalue weighted by atomic mass is 10.0. The Kier molecular flexibility index (Phi) is 9.88. The first-order chi connectivity index (χ1) is 20.0. The highest BCUT2D eigenvalue weighted by molar-refractivity contribution is 5.87. The van der Waals surface area contributed by atoms with Gasteiger partial charge in [-0.15, -0.1) is 0 Å². The molecule has 3 aliphatic heterocycles. The molecule has 0 bridgehead atoms. The number of methoxy groups -OCH3 is 1. The quantitative estimate of drug-likeness (QED) is 0.382. The molecule has 3 aliphatic rings. The number of hydrogen-bond donors (Lipinski definition) is 0. The first kappa shape index (κ1) is 31.0. The van der Waals surface area contributed by atoms with Crippen LogP contribution in [0.5, 0.6) is 6.01 Å². The highest BCUT2D eigenvalue weighted by Crippen LogP contribution is 2.39. The zero-order chi connectivity index (χ0) is 30.4. The Morgan fingerprint density at radius 1 is 1.17 bits per heavy atom. The van der Waals surface area contributed by atoms with E-state index in [0.29, 0.717) is 43.6 Å². The minimum atomic E-state index is -4.72. The lowest BCUT2D eigenvalue weighted by Gasteiger charge is -2.42. The molecule has 9 nitrogen and oxygen atoms in total. The van der Waals surface area contributed by atoms with Crippen LogP contribution in [0.4, 0.5) is 29.1 Å². The smallest absolute Gasteiger partial charge is 0.418 e. The highest BCUT2D eigenvalue weighted by Gasteiger charge is 2.37. The van der Waals surface area contributed by atoms with Gasteiger partial charge in [0, 0.05) is 37.4 Å². The number of rotatable bonds is 5. The second-order valence-electron chi connectivity index (χ2n) is 10.5. The predicted octanol–water partition coefficient (Wildman–Crippen LogP) is 4.03. The van der Waals surface area contributed by atoms with Crippen LogP contribution in [0.25, 0.3) is 0 Å². The maximum absolute atomic E-state index is 13.6. The first-order valence-electron chi connectivity index (χ1n) is 13.8. The van der Waals surface area contributed by atoms with E-state index >= 15 is 0 Å². The Morgan fingerprint density at radius 2 is 1.90 bits per heavy atom. The fourth-order valence-electron chi connectivity index (χ4n) is 5.57. The Bertz CT molecular complexity index is 1320. The lowest BCUT2D eigenvalue weighted by Crippen LogP contribution is -2.55. The summed E-state index contributed by atoms with van der Waals surface area (Å²) in [6, 6.07) is 4.42. The van der Waals surface area contributed by atoms with E-state index < -0.39 is 17.6 Å². The number of hydrogen-bond acceptors (Lipinski definition) is 8. The molecule has 1 aromatic carbocycles. The summed E-state index contributed by atoms with van der Waals surface area (Å²) in [6.07, 6.45) is -0.205. The average Bonchev–Trinajstić information content (AvgIpc) is 3.46. The molecular weight excluding hydrogens is 554 g/mol. The monoisotopic (exact) mass is 589 g/mol. The molecule has 2 saturated heterocycles. The standard InChI is InChI=1S/C24H24F4N6O2.C5H11N/c1-3-21(35)34-11-10-33(13-16(34)6-8-29)22-17-7-9-32(14-19(17)30-23(31-22)36-2)20-5-4-15(25)12-18(20)24(26,27)28;1-6-4-2-3-5-6/h3-5,12,16H,1,6-7,9-11,13-14H2,2H3;2-5H2,1H3. The fraction of sp³-hybridized carbons (Fsp3) is 0.517. The van der Waals surface area contributed by atoms with Gasteiger partial charge in [-0.25, -0.2) is 4.39 Å². The molecule has 42 heavy (non-hydrogen) atoms. The average molecular weight is 590 g/mol. The van der Waals surface area contributed by atoms with Gasteiger partial charge in [0.15, 0.2) is 0 Å². The van der Waals surface area contributed by atoms with E-state index in [4.69, 9.17) is 4.74 Å². The molecule has 1 unspecified atom stereocenters. The van der Waals surface area contributed by atoms with Crippen LogP contribution in [0.3, 0.4) is 0 Å².